The van der Waals surface area contributed by atoms with E-state index in [9.17, 15) is 4.79 Å². The van der Waals surface area contributed by atoms with Crippen molar-refractivity contribution < 1.29 is 9.90 Å². The Kier molecular flexibility index (Phi) is 1.67. The van der Waals surface area contributed by atoms with Gasteiger partial charge in [-0.3, -0.25) is 4.79 Å². The van der Waals surface area contributed by atoms with Crippen molar-refractivity contribution in [2.75, 3.05) is 0 Å². The highest BCUT2D eigenvalue weighted by Gasteiger charge is 2.36. The molecule has 0 spiro atoms. The first-order valence-corrected chi connectivity index (χ1v) is 3.99. The van der Waals surface area contributed by atoms with Gasteiger partial charge in [-0.15, -0.1) is 0 Å². The number of ketones is 1. The van der Waals surface area contributed by atoms with Crippen molar-refractivity contribution in [1.29, 1.82) is 0 Å². The molecule has 1 aliphatic rings. The zero-order valence-electron chi connectivity index (χ0n) is 6.90. The molecule has 0 saturated carbocycles. The SMILES string of the molecule is NC1=C(c2ccccc2)C(=O)C1O. The van der Waals surface area contributed by atoms with E-state index >= 15 is 0 Å². The summed E-state index contributed by atoms with van der Waals surface area (Å²) in [5, 5.41) is 9.08. The van der Waals surface area contributed by atoms with Gasteiger partial charge in [-0.2, -0.15) is 0 Å². The Labute approximate surface area is 75.5 Å². The fourth-order valence-corrected chi connectivity index (χ4v) is 1.39. The normalized spacial score (nSPS) is 21.6. The van der Waals surface area contributed by atoms with E-state index in [4.69, 9.17) is 10.8 Å². The molecular formula is C10H9NO2. The minimum absolute atomic E-state index is 0.274. The number of nitrogens with two attached hydrogens (primary N) is 1. The van der Waals surface area contributed by atoms with E-state index in [1.54, 1.807) is 12.1 Å². The van der Waals surface area contributed by atoms with Crippen molar-refractivity contribution in [2.45, 2.75) is 6.10 Å². The van der Waals surface area contributed by atoms with Crippen LogP contribution in [0.25, 0.3) is 5.57 Å². The summed E-state index contributed by atoms with van der Waals surface area (Å²) in [7, 11) is 0. The van der Waals surface area contributed by atoms with Crippen LogP contribution in [-0.2, 0) is 4.79 Å². The molecule has 1 atom stereocenters. The second-order valence-corrected chi connectivity index (χ2v) is 2.96. The van der Waals surface area contributed by atoms with E-state index < -0.39 is 6.10 Å². The summed E-state index contributed by atoms with van der Waals surface area (Å²) in [5.41, 5.74) is 7.00. The molecule has 1 unspecified atom stereocenters. The van der Waals surface area contributed by atoms with Gasteiger partial charge < -0.3 is 10.8 Å². The predicted molar refractivity (Wildman–Crippen MR) is 48.6 cm³/mol. The number of hydrogen-bond donors (Lipinski definition) is 2. The Morgan fingerprint density at radius 3 is 2.38 bits per heavy atom. The third kappa shape index (κ3) is 1.05. The number of hydrogen-bond acceptors (Lipinski definition) is 3. The zero-order valence-corrected chi connectivity index (χ0v) is 6.90. The monoisotopic (exact) mass is 175 g/mol. The van der Waals surface area contributed by atoms with Gasteiger partial charge in [0.05, 0.1) is 5.70 Å². The van der Waals surface area contributed by atoms with Crippen LogP contribution in [0, 0.1) is 0 Å². The van der Waals surface area contributed by atoms with E-state index in [1.807, 2.05) is 18.2 Å². The van der Waals surface area contributed by atoms with Crippen molar-refractivity contribution in [3.8, 4) is 0 Å². The van der Waals surface area contributed by atoms with Crippen molar-refractivity contribution in [3.05, 3.63) is 41.6 Å². The highest BCUT2D eigenvalue weighted by Crippen LogP contribution is 2.29. The zero-order chi connectivity index (χ0) is 9.42. The second kappa shape index (κ2) is 2.71. The molecule has 13 heavy (non-hydrogen) atoms. The van der Waals surface area contributed by atoms with Crippen molar-refractivity contribution in [2.24, 2.45) is 5.73 Å². The maximum absolute atomic E-state index is 11.2. The summed E-state index contributed by atoms with van der Waals surface area (Å²) in [6.45, 7) is 0. The molecule has 0 aliphatic heterocycles. The number of aliphatic hydroxyl groups excluding tert-OH is 1. The van der Waals surface area contributed by atoms with E-state index in [-0.39, 0.29) is 11.5 Å². The first-order chi connectivity index (χ1) is 6.22. The molecule has 3 nitrogen and oxygen atoms in total. The molecule has 0 saturated heterocycles. The van der Waals surface area contributed by atoms with Gasteiger partial charge in [0, 0.05) is 5.57 Å². The van der Waals surface area contributed by atoms with Crippen LogP contribution in [0.3, 0.4) is 0 Å². The standard InChI is InChI=1S/C10H9NO2/c11-8-7(9(12)10(8)13)6-4-2-1-3-5-6/h1-5,10,13H,11H2. The smallest absolute Gasteiger partial charge is 0.199 e. The molecule has 1 aromatic rings. The number of carbonyl (C=O) groups excluding carboxylic acids is 1. The van der Waals surface area contributed by atoms with Crippen LogP contribution in [0.2, 0.25) is 0 Å². The summed E-state index contributed by atoms with van der Waals surface area (Å²) in [6.07, 6.45) is -1.09. The highest BCUT2D eigenvalue weighted by atomic mass is 16.3. The Balaban J connectivity index is 2.45. The van der Waals surface area contributed by atoms with Crippen molar-refractivity contribution >= 4 is 11.4 Å². The van der Waals surface area contributed by atoms with Gasteiger partial charge in [0.15, 0.2) is 11.9 Å². The summed E-state index contributed by atoms with van der Waals surface area (Å²) in [5.74, 6) is -0.288. The van der Waals surface area contributed by atoms with Gasteiger partial charge in [-0.25, -0.2) is 0 Å². The van der Waals surface area contributed by atoms with Crippen LogP contribution >= 0.6 is 0 Å². The summed E-state index contributed by atoms with van der Waals surface area (Å²) in [6, 6.07) is 9.11. The van der Waals surface area contributed by atoms with Gasteiger partial charge in [-0.05, 0) is 5.56 Å². The van der Waals surface area contributed by atoms with Gasteiger partial charge in [-0.1, -0.05) is 30.3 Å². The third-order valence-electron chi connectivity index (χ3n) is 2.14. The summed E-state index contributed by atoms with van der Waals surface area (Å²) < 4.78 is 0. The molecule has 0 radical (unpaired) electrons. The second-order valence-electron chi connectivity index (χ2n) is 2.96. The Bertz CT molecular complexity index is 381. The van der Waals surface area contributed by atoms with Crippen LogP contribution in [0.1, 0.15) is 5.56 Å². The van der Waals surface area contributed by atoms with Crippen molar-refractivity contribution in [1.82, 2.24) is 0 Å². The van der Waals surface area contributed by atoms with Crippen LogP contribution in [0.5, 0.6) is 0 Å². The van der Waals surface area contributed by atoms with Gasteiger partial charge >= 0.3 is 0 Å². The van der Waals surface area contributed by atoms with Crippen LogP contribution in [-0.4, -0.2) is 17.0 Å². The molecule has 2 rings (SSSR count). The molecule has 0 bridgehead atoms. The van der Waals surface area contributed by atoms with E-state index in [1.165, 1.54) is 0 Å². The lowest BCUT2D eigenvalue weighted by Gasteiger charge is -2.24. The van der Waals surface area contributed by atoms with E-state index in [0.717, 1.165) is 5.56 Å². The number of Topliss-reactive ketones (excluding diaryl/α,β-unsaturated/α-hetero) is 1. The lowest BCUT2D eigenvalue weighted by molar-refractivity contribution is -0.121. The van der Waals surface area contributed by atoms with Crippen LogP contribution in [0.4, 0.5) is 0 Å². The Hall–Kier alpha value is -1.61. The lowest BCUT2D eigenvalue weighted by Crippen LogP contribution is -2.39. The number of carbonyl (C=O) groups is 1. The number of aliphatic hydroxyl groups is 1. The molecule has 0 amide bonds. The van der Waals surface area contributed by atoms with Crippen LogP contribution < -0.4 is 5.73 Å². The average molecular weight is 175 g/mol. The number of benzene rings is 1. The average Bonchev–Trinajstić information content (AvgIpc) is 2.19. The molecular weight excluding hydrogens is 166 g/mol. The predicted octanol–water partition coefficient (Wildman–Crippen LogP) is 0.300. The maximum atomic E-state index is 11.2. The Morgan fingerprint density at radius 2 is 1.85 bits per heavy atom. The fraction of sp³-hybridized carbons (Fsp3) is 0.100. The van der Waals surface area contributed by atoms with Gasteiger partial charge in [0.25, 0.3) is 0 Å². The van der Waals surface area contributed by atoms with Crippen LogP contribution in [0.15, 0.2) is 36.0 Å². The van der Waals surface area contributed by atoms with Crippen molar-refractivity contribution in [3.63, 3.8) is 0 Å². The van der Waals surface area contributed by atoms with E-state index in [2.05, 4.69) is 0 Å². The quantitative estimate of drug-likeness (QED) is 0.645. The fourth-order valence-electron chi connectivity index (χ4n) is 1.39. The minimum atomic E-state index is -1.09. The largest absolute Gasteiger partial charge is 0.399 e. The topological polar surface area (TPSA) is 63.3 Å². The highest BCUT2D eigenvalue weighted by molar-refractivity contribution is 6.31. The molecule has 1 aromatic carbocycles. The Morgan fingerprint density at radius 1 is 1.23 bits per heavy atom. The minimum Gasteiger partial charge on any atom is -0.399 e. The van der Waals surface area contributed by atoms with Gasteiger partial charge in [0.1, 0.15) is 0 Å². The molecule has 1 aliphatic carbocycles. The maximum Gasteiger partial charge on any atom is 0.199 e. The molecule has 0 fully saturated rings. The third-order valence-corrected chi connectivity index (χ3v) is 2.14. The molecule has 0 heterocycles. The molecule has 0 aromatic heterocycles. The number of rotatable bonds is 1. The first-order valence-electron chi connectivity index (χ1n) is 3.99. The molecule has 3 heteroatoms. The van der Waals surface area contributed by atoms with Gasteiger partial charge in [0.2, 0.25) is 0 Å². The lowest BCUT2D eigenvalue weighted by atomic mass is 9.85. The molecule has 66 valence electrons. The summed E-state index contributed by atoms with van der Waals surface area (Å²) in [4.78, 5) is 11.2. The molecule has 3 N–H and O–H groups in total. The first kappa shape index (κ1) is 8.01. The van der Waals surface area contributed by atoms with E-state index in [0.29, 0.717) is 5.57 Å². The summed E-state index contributed by atoms with van der Waals surface area (Å²) >= 11 is 0.